The molecule has 0 unspecified atom stereocenters. The minimum Gasteiger partial charge on any atom is -0.455 e. The van der Waals surface area contributed by atoms with Crippen molar-refractivity contribution >= 4 is 29.5 Å². The van der Waals surface area contributed by atoms with Crippen molar-refractivity contribution in [2.75, 3.05) is 18.1 Å². The molecule has 1 atom stereocenters. The number of imide groups is 1. The third kappa shape index (κ3) is 4.85. The molecule has 1 aromatic carbocycles. The second-order valence-electron chi connectivity index (χ2n) is 6.97. The lowest BCUT2D eigenvalue weighted by molar-refractivity contribution is -0.152. The van der Waals surface area contributed by atoms with E-state index in [0.717, 1.165) is 25.7 Å². The first-order valence-corrected chi connectivity index (χ1v) is 9.26. The summed E-state index contributed by atoms with van der Waals surface area (Å²) in [7, 11) is 0. The van der Waals surface area contributed by atoms with Crippen LogP contribution < -0.4 is 15.5 Å². The summed E-state index contributed by atoms with van der Waals surface area (Å²) in [6.45, 7) is -0.649. The molecule has 0 aromatic heterocycles. The quantitative estimate of drug-likeness (QED) is 0.740. The predicted molar refractivity (Wildman–Crippen MR) is 96.7 cm³/mol. The molecule has 0 spiro atoms. The first kappa shape index (κ1) is 19.8. The van der Waals surface area contributed by atoms with Gasteiger partial charge >= 0.3 is 12.0 Å². The average molecular weight is 391 g/mol. The molecule has 1 aromatic rings. The van der Waals surface area contributed by atoms with Gasteiger partial charge in [-0.05, 0) is 25.0 Å². The molecular formula is C19H22FN3O5. The number of ether oxygens (including phenoxy) is 1. The number of esters is 1. The van der Waals surface area contributed by atoms with Crippen molar-refractivity contribution in [3.63, 3.8) is 0 Å². The molecule has 4 amide bonds. The first-order valence-electron chi connectivity index (χ1n) is 9.26. The summed E-state index contributed by atoms with van der Waals surface area (Å²) in [5, 5.41) is 4.80. The van der Waals surface area contributed by atoms with E-state index in [9.17, 15) is 23.6 Å². The van der Waals surface area contributed by atoms with E-state index in [0.29, 0.717) is 0 Å². The maximum Gasteiger partial charge on any atom is 0.321 e. The number of nitrogens with zero attached hydrogens (tertiary/aromatic N) is 1. The van der Waals surface area contributed by atoms with Gasteiger partial charge in [0.05, 0.1) is 11.6 Å². The number of anilines is 1. The van der Waals surface area contributed by atoms with Gasteiger partial charge in [0.2, 0.25) is 5.91 Å². The Bertz CT molecular complexity index is 779. The second kappa shape index (κ2) is 8.81. The predicted octanol–water partition coefficient (Wildman–Crippen LogP) is 1.49. The van der Waals surface area contributed by atoms with E-state index in [2.05, 4.69) is 10.6 Å². The Morgan fingerprint density at radius 3 is 2.61 bits per heavy atom. The zero-order chi connectivity index (χ0) is 20.1. The molecule has 1 saturated carbocycles. The van der Waals surface area contributed by atoms with E-state index in [1.54, 1.807) is 6.07 Å². The van der Waals surface area contributed by atoms with E-state index >= 15 is 0 Å². The number of amides is 4. The summed E-state index contributed by atoms with van der Waals surface area (Å²) in [4.78, 5) is 48.9. The summed E-state index contributed by atoms with van der Waals surface area (Å²) in [5.74, 6) is -3.24. The fraction of sp³-hybridized carbons (Fsp3) is 0.474. The molecule has 9 heteroatoms. The second-order valence-corrected chi connectivity index (χ2v) is 6.97. The highest BCUT2D eigenvalue weighted by atomic mass is 19.1. The molecule has 150 valence electrons. The molecule has 0 radical (unpaired) electrons. The van der Waals surface area contributed by atoms with Crippen LogP contribution in [0.2, 0.25) is 0 Å². The summed E-state index contributed by atoms with van der Waals surface area (Å²) in [6, 6.07) is 5.23. The highest BCUT2D eigenvalue weighted by Gasteiger charge is 2.37. The molecular weight excluding hydrogens is 369 g/mol. The van der Waals surface area contributed by atoms with Crippen LogP contribution in [-0.4, -0.2) is 43.0 Å². The Labute approximate surface area is 161 Å². The number of hydrogen-bond acceptors (Lipinski definition) is 5. The van der Waals surface area contributed by atoms with Gasteiger partial charge < -0.3 is 15.0 Å². The molecule has 28 heavy (non-hydrogen) atoms. The Morgan fingerprint density at radius 1 is 1.18 bits per heavy atom. The van der Waals surface area contributed by atoms with Crippen molar-refractivity contribution < 1.29 is 28.3 Å². The number of benzene rings is 1. The minimum atomic E-state index is -0.799. The molecule has 1 heterocycles. The van der Waals surface area contributed by atoms with E-state index in [1.807, 2.05) is 0 Å². The van der Waals surface area contributed by atoms with Crippen LogP contribution in [0, 0.1) is 11.7 Å². The van der Waals surface area contributed by atoms with Gasteiger partial charge in [-0.3, -0.25) is 19.7 Å². The number of para-hydroxylation sites is 1. The molecule has 2 aliphatic rings. The standard InChI is InChI=1S/C19H22FN3O5/c20-14-7-3-4-8-15(14)23-10-12(9-17(23)25)18(26)28-11-16(24)22-19(27)21-13-5-1-2-6-13/h3-4,7-8,12-13H,1-2,5-6,9-11H2,(H2,21,22,24,27)/t12-/m1/s1. The fourth-order valence-corrected chi connectivity index (χ4v) is 3.48. The molecule has 1 aliphatic carbocycles. The lowest BCUT2D eigenvalue weighted by atomic mass is 10.1. The zero-order valence-corrected chi connectivity index (χ0v) is 15.3. The van der Waals surface area contributed by atoms with Crippen molar-refractivity contribution in [1.82, 2.24) is 10.6 Å². The molecule has 0 bridgehead atoms. The van der Waals surface area contributed by atoms with Gasteiger partial charge in [0, 0.05) is 19.0 Å². The normalized spacial score (nSPS) is 19.5. The van der Waals surface area contributed by atoms with E-state index in [4.69, 9.17) is 4.74 Å². The summed E-state index contributed by atoms with van der Waals surface area (Å²) in [5.41, 5.74) is 0.101. The SMILES string of the molecule is O=C(COC(=O)[C@@H]1CC(=O)N(c2ccccc2F)C1)NC(=O)NC1CCCC1. The molecule has 2 N–H and O–H groups in total. The molecule has 3 rings (SSSR count). The van der Waals surface area contributed by atoms with Crippen LogP contribution in [0.4, 0.5) is 14.9 Å². The number of carbonyl (C=O) groups excluding carboxylic acids is 4. The van der Waals surface area contributed by atoms with Crippen molar-refractivity contribution in [2.24, 2.45) is 5.92 Å². The Kier molecular flexibility index (Phi) is 6.23. The van der Waals surface area contributed by atoms with Gasteiger partial charge in [-0.15, -0.1) is 0 Å². The maximum absolute atomic E-state index is 13.9. The van der Waals surface area contributed by atoms with Crippen LogP contribution in [0.1, 0.15) is 32.1 Å². The summed E-state index contributed by atoms with van der Waals surface area (Å²) in [6.07, 6.45) is 3.72. The lowest BCUT2D eigenvalue weighted by Crippen LogP contribution is -2.45. The van der Waals surface area contributed by atoms with Crippen molar-refractivity contribution in [2.45, 2.75) is 38.1 Å². The van der Waals surface area contributed by atoms with Crippen LogP contribution in [0.3, 0.4) is 0 Å². The molecule has 1 saturated heterocycles. The van der Waals surface area contributed by atoms with Crippen LogP contribution in [-0.2, 0) is 19.1 Å². The third-order valence-electron chi connectivity index (χ3n) is 4.89. The van der Waals surface area contributed by atoms with Gasteiger partial charge in [-0.1, -0.05) is 25.0 Å². The summed E-state index contributed by atoms with van der Waals surface area (Å²) < 4.78 is 18.8. The lowest BCUT2D eigenvalue weighted by Gasteiger charge is -2.17. The number of halogens is 1. The largest absolute Gasteiger partial charge is 0.455 e. The number of nitrogens with one attached hydrogen (secondary N) is 2. The van der Waals surface area contributed by atoms with Crippen LogP contribution in [0.15, 0.2) is 24.3 Å². The Balaban J connectivity index is 1.44. The molecule has 2 fully saturated rings. The van der Waals surface area contributed by atoms with E-state index in [1.165, 1.54) is 23.1 Å². The minimum absolute atomic E-state index is 0.0254. The van der Waals surface area contributed by atoms with Crippen LogP contribution in [0.25, 0.3) is 0 Å². The number of urea groups is 1. The van der Waals surface area contributed by atoms with Crippen molar-refractivity contribution in [3.8, 4) is 0 Å². The van der Waals surface area contributed by atoms with Gasteiger partial charge in [-0.25, -0.2) is 9.18 Å². The van der Waals surface area contributed by atoms with Crippen LogP contribution in [0.5, 0.6) is 0 Å². The molecule has 8 nitrogen and oxygen atoms in total. The zero-order valence-electron chi connectivity index (χ0n) is 15.3. The highest BCUT2D eigenvalue weighted by Crippen LogP contribution is 2.27. The van der Waals surface area contributed by atoms with Gasteiger partial charge in [0.1, 0.15) is 5.82 Å². The first-order chi connectivity index (χ1) is 13.4. The maximum atomic E-state index is 13.9. The van der Waals surface area contributed by atoms with Crippen molar-refractivity contribution in [3.05, 3.63) is 30.1 Å². The van der Waals surface area contributed by atoms with Crippen molar-refractivity contribution in [1.29, 1.82) is 0 Å². The number of rotatable bonds is 5. The smallest absolute Gasteiger partial charge is 0.321 e. The van der Waals surface area contributed by atoms with Gasteiger partial charge in [0.25, 0.3) is 5.91 Å². The molecule has 1 aliphatic heterocycles. The monoisotopic (exact) mass is 391 g/mol. The van der Waals surface area contributed by atoms with Crippen LogP contribution >= 0.6 is 0 Å². The number of carbonyl (C=O) groups is 4. The summed E-state index contributed by atoms with van der Waals surface area (Å²) >= 11 is 0. The van der Waals surface area contributed by atoms with E-state index in [-0.39, 0.29) is 24.7 Å². The third-order valence-corrected chi connectivity index (χ3v) is 4.89. The average Bonchev–Trinajstić information content (AvgIpc) is 3.29. The topological polar surface area (TPSA) is 105 Å². The Morgan fingerprint density at radius 2 is 1.89 bits per heavy atom. The highest BCUT2D eigenvalue weighted by molar-refractivity contribution is 6.00. The van der Waals surface area contributed by atoms with Gasteiger partial charge in [0.15, 0.2) is 6.61 Å². The van der Waals surface area contributed by atoms with E-state index < -0.39 is 42.2 Å². The van der Waals surface area contributed by atoms with Gasteiger partial charge in [-0.2, -0.15) is 0 Å². The Hall–Kier alpha value is -2.97. The number of hydrogen-bond donors (Lipinski definition) is 2. The fourth-order valence-electron chi connectivity index (χ4n) is 3.48.